The molecule has 0 spiro atoms. The molecule has 2 rings (SSSR count). The fourth-order valence-electron chi connectivity index (χ4n) is 2.17. The Balaban J connectivity index is 2.06. The molecule has 1 aliphatic rings. The molecule has 12 nitrogen and oxygen atoms in total. The first-order valence-electron chi connectivity index (χ1n) is 6.73. The highest BCUT2D eigenvalue weighted by Crippen LogP contribution is 2.55. The molecule has 0 saturated carbocycles. The normalized spacial score (nSPS) is 26.5. The summed E-state index contributed by atoms with van der Waals surface area (Å²) in [5.74, 6) is -2.66. The summed E-state index contributed by atoms with van der Waals surface area (Å²) in [6.45, 7) is -0.702. The highest BCUT2D eigenvalue weighted by molar-refractivity contribution is 7.70. The van der Waals surface area contributed by atoms with E-state index in [9.17, 15) is 33.1 Å². The van der Waals surface area contributed by atoms with Crippen molar-refractivity contribution in [3.8, 4) is 0 Å². The minimum Gasteiger partial charge on any atom is -0.390 e. The van der Waals surface area contributed by atoms with E-state index < -0.39 is 63.2 Å². The van der Waals surface area contributed by atoms with Crippen LogP contribution in [0.5, 0.6) is 0 Å². The molecule has 4 atom stereocenters. The zero-order valence-electron chi connectivity index (χ0n) is 12.4. The summed E-state index contributed by atoms with van der Waals surface area (Å²) in [4.78, 5) is 51.1. The number of aromatic nitrogens is 2. The van der Waals surface area contributed by atoms with E-state index in [4.69, 9.17) is 14.5 Å². The second-order valence-corrected chi connectivity index (χ2v) is 9.31. The maximum atomic E-state index is 13.3. The minimum atomic E-state index is -4.80. The van der Waals surface area contributed by atoms with Gasteiger partial charge in [-0.3, -0.25) is 23.5 Å². The third-order valence-corrected chi connectivity index (χ3v) is 6.70. The van der Waals surface area contributed by atoms with Gasteiger partial charge in [-0.1, -0.05) is 0 Å². The first-order chi connectivity index (χ1) is 11.4. The topological polar surface area (TPSA) is 188 Å². The largest absolute Gasteiger partial charge is 0.390 e. The number of hydrogen-bond acceptors (Lipinski definition) is 7. The Morgan fingerprint density at radius 3 is 2.60 bits per heavy atom. The number of aliphatic hydroxyl groups is 1. The van der Waals surface area contributed by atoms with E-state index in [1.165, 1.54) is 0 Å². The molecule has 142 valence electrons. The molecule has 1 aromatic heterocycles. The molecule has 1 saturated heterocycles. The van der Waals surface area contributed by atoms with Crippen molar-refractivity contribution in [3.63, 3.8) is 0 Å². The molecule has 1 aromatic rings. The summed E-state index contributed by atoms with van der Waals surface area (Å²) < 4.78 is 46.0. The quantitative estimate of drug-likeness (QED) is 0.355. The zero-order chi connectivity index (χ0) is 19.0. The second kappa shape index (κ2) is 7.22. The van der Waals surface area contributed by atoms with Crippen LogP contribution in [0.3, 0.4) is 0 Å². The van der Waals surface area contributed by atoms with Gasteiger partial charge in [-0.2, -0.15) is 4.39 Å². The third kappa shape index (κ3) is 5.40. The van der Waals surface area contributed by atoms with Gasteiger partial charge in [-0.25, -0.2) is 4.79 Å². The zero-order valence-corrected chi connectivity index (χ0v) is 14.2. The predicted octanol–water partition coefficient (Wildman–Crippen LogP) is -1.34. The number of hydrogen-bond donors (Lipinski definition) is 5. The van der Waals surface area contributed by atoms with Gasteiger partial charge < -0.3 is 29.0 Å². The molecular weight excluding hydrogens is 389 g/mol. The van der Waals surface area contributed by atoms with E-state index >= 15 is 0 Å². The summed E-state index contributed by atoms with van der Waals surface area (Å²) in [7, 11) is -9.44. The van der Waals surface area contributed by atoms with Gasteiger partial charge in [0, 0.05) is 6.42 Å². The average molecular weight is 404 g/mol. The van der Waals surface area contributed by atoms with E-state index in [2.05, 4.69) is 4.52 Å². The van der Waals surface area contributed by atoms with E-state index in [1.807, 2.05) is 0 Å². The summed E-state index contributed by atoms with van der Waals surface area (Å²) in [6.07, 6.45) is -3.30. The van der Waals surface area contributed by atoms with Crippen molar-refractivity contribution in [2.75, 3.05) is 12.5 Å². The second-order valence-electron chi connectivity index (χ2n) is 5.32. The summed E-state index contributed by atoms with van der Waals surface area (Å²) in [5.41, 5.74) is -2.21. The fourth-order valence-corrected chi connectivity index (χ4v) is 4.74. The highest BCUT2D eigenvalue weighted by Gasteiger charge is 2.38. The van der Waals surface area contributed by atoms with Crippen molar-refractivity contribution in [1.29, 1.82) is 0 Å². The number of halogens is 1. The lowest BCUT2D eigenvalue weighted by molar-refractivity contribution is -0.0426. The predicted molar refractivity (Wildman–Crippen MR) is 78.5 cm³/mol. The van der Waals surface area contributed by atoms with Gasteiger partial charge >= 0.3 is 20.9 Å². The van der Waals surface area contributed by atoms with Gasteiger partial charge in [-0.15, -0.1) is 0 Å². The average Bonchev–Trinajstić information content (AvgIpc) is 2.79. The molecule has 1 aliphatic heterocycles. The van der Waals surface area contributed by atoms with E-state index in [0.29, 0.717) is 10.8 Å². The van der Waals surface area contributed by atoms with Crippen LogP contribution in [0, 0.1) is 5.82 Å². The number of rotatable bonds is 6. The monoisotopic (exact) mass is 404 g/mol. The van der Waals surface area contributed by atoms with Crippen LogP contribution in [0.15, 0.2) is 15.8 Å². The van der Waals surface area contributed by atoms with E-state index in [-0.39, 0.29) is 6.42 Å². The Morgan fingerprint density at radius 1 is 1.36 bits per heavy atom. The number of nitrogens with one attached hydrogen (secondary N) is 1. The van der Waals surface area contributed by atoms with Crippen LogP contribution in [0.1, 0.15) is 12.6 Å². The van der Waals surface area contributed by atoms with Crippen LogP contribution in [0.4, 0.5) is 4.39 Å². The van der Waals surface area contributed by atoms with E-state index in [1.54, 1.807) is 4.98 Å². The number of aromatic amines is 1. The molecule has 0 bridgehead atoms. The van der Waals surface area contributed by atoms with Gasteiger partial charge in [-0.05, 0) is 0 Å². The van der Waals surface area contributed by atoms with Crippen molar-refractivity contribution >= 4 is 15.2 Å². The number of H-pyrrole nitrogens is 1. The Labute approximate surface area is 138 Å². The lowest BCUT2D eigenvalue weighted by atomic mass is 10.2. The molecule has 25 heavy (non-hydrogen) atoms. The van der Waals surface area contributed by atoms with Gasteiger partial charge in [0.2, 0.25) is 5.82 Å². The molecule has 0 aliphatic carbocycles. The van der Waals surface area contributed by atoms with Crippen LogP contribution >= 0.6 is 15.2 Å². The number of ether oxygens (including phenoxy) is 1. The molecule has 15 heteroatoms. The SMILES string of the molecule is O=c1[nH]c(=O)n([C@H]2C[C@H](O)[C@@H](COP(=O)(O)CP(=O)(O)O)O2)cc1F. The Bertz CT molecular complexity index is 847. The Hall–Kier alpha value is -1.17. The maximum absolute atomic E-state index is 13.3. The van der Waals surface area contributed by atoms with E-state index in [0.717, 1.165) is 0 Å². The van der Waals surface area contributed by atoms with Crippen molar-refractivity contribution in [2.45, 2.75) is 24.9 Å². The van der Waals surface area contributed by atoms with Crippen LogP contribution < -0.4 is 11.2 Å². The first-order valence-corrected chi connectivity index (χ1v) is 10.3. The molecule has 2 heterocycles. The molecule has 5 N–H and O–H groups in total. The smallest absolute Gasteiger partial charge is 0.340 e. The molecule has 1 unspecified atom stereocenters. The third-order valence-electron chi connectivity index (χ3n) is 3.24. The minimum absolute atomic E-state index is 0.215. The molecular formula is C10H15FN2O10P2. The lowest BCUT2D eigenvalue weighted by Crippen LogP contribution is -2.34. The molecule has 0 amide bonds. The highest BCUT2D eigenvalue weighted by atomic mass is 31.2. The Morgan fingerprint density at radius 2 is 2.00 bits per heavy atom. The van der Waals surface area contributed by atoms with Crippen LogP contribution in [-0.2, 0) is 18.4 Å². The summed E-state index contributed by atoms with van der Waals surface area (Å²) >= 11 is 0. The lowest BCUT2D eigenvalue weighted by Gasteiger charge is -2.18. The first kappa shape index (κ1) is 20.1. The van der Waals surface area contributed by atoms with Gasteiger partial charge in [0.15, 0.2) is 5.90 Å². The summed E-state index contributed by atoms with van der Waals surface area (Å²) in [6, 6.07) is 0. The van der Waals surface area contributed by atoms with Crippen molar-refractivity contribution < 1.29 is 42.6 Å². The molecule has 0 aromatic carbocycles. The summed E-state index contributed by atoms with van der Waals surface area (Å²) in [5, 5.41) is 9.85. The standard InChI is InChI=1S/C10H15FN2O10P2/c11-5-2-13(10(16)12-9(5)15)8-1-6(14)7(23-8)3-22-25(20,21)4-24(17,18)19/h2,6-8,14H,1,3-4H2,(H,20,21)(H,12,15,16)(H2,17,18,19)/t6-,7+,8+/m0/s1. The maximum Gasteiger partial charge on any atom is 0.340 e. The van der Waals surface area contributed by atoms with Crippen molar-refractivity contribution in [3.05, 3.63) is 32.9 Å². The van der Waals surface area contributed by atoms with Gasteiger partial charge in [0.1, 0.15) is 12.3 Å². The van der Waals surface area contributed by atoms with Gasteiger partial charge in [0.25, 0.3) is 5.56 Å². The van der Waals surface area contributed by atoms with Crippen molar-refractivity contribution in [2.24, 2.45) is 0 Å². The molecule has 1 fully saturated rings. The van der Waals surface area contributed by atoms with Crippen LogP contribution in [0.2, 0.25) is 0 Å². The number of aliphatic hydroxyl groups excluding tert-OH is 1. The van der Waals surface area contributed by atoms with Crippen molar-refractivity contribution in [1.82, 2.24) is 9.55 Å². The number of nitrogens with zero attached hydrogens (tertiary/aromatic N) is 1. The fraction of sp³-hybridized carbons (Fsp3) is 0.600. The molecule has 0 radical (unpaired) electrons. The van der Waals surface area contributed by atoms with Crippen LogP contribution in [0.25, 0.3) is 0 Å². The van der Waals surface area contributed by atoms with Gasteiger partial charge in [0.05, 0.1) is 18.9 Å². The van der Waals surface area contributed by atoms with Crippen LogP contribution in [-0.4, -0.2) is 54.1 Å². The Kier molecular flexibility index (Phi) is 5.81.